The Morgan fingerprint density at radius 2 is 2.06 bits per heavy atom. The fourth-order valence-electron chi connectivity index (χ4n) is 2.31. The van der Waals surface area contributed by atoms with Crippen LogP contribution in [0.2, 0.25) is 0 Å². The number of alkyl halides is 3. The Kier molecular flexibility index (Phi) is 3.38. The maximum absolute atomic E-state index is 12.9. The highest BCUT2D eigenvalue weighted by molar-refractivity contribution is 5.31. The Morgan fingerprint density at radius 1 is 1.39 bits per heavy atom. The summed E-state index contributed by atoms with van der Waals surface area (Å²) in [6, 6.07) is 5.63. The van der Waals surface area contributed by atoms with Gasteiger partial charge in [-0.25, -0.2) is 0 Å². The lowest BCUT2D eigenvalue weighted by Gasteiger charge is -2.26. The normalized spacial score (nSPS) is 28.6. The summed E-state index contributed by atoms with van der Waals surface area (Å²) in [6.07, 6.45) is -4.10. The van der Waals surface area contributed by atoms with Crippen molar-refractivity contribution in [2.75, 3.05) is 6.54 Å². The van der Waals surface area contributed by atoms with E-state index >= 15 is 0 Å². The van der Waals surface area contributed by atoms with Gasteiger partial charge in [-0.2, -0.15) is 13.2 Å². The molecule has 2 rings (SSSR count). The zero-order chi connectivity index (χ0) is 13.4. The van der Waals surface area contributed by atoms with Crippen molar-refractivity contribution in [3.8, 4) is 0 Å². The maximum atomic E-state index is 12.9. The molecule has 0 saturated carbocycles. The highest BCUT2D eigenvalue weighted by Gasteiger charge is 2.38. The van der Waals surface area contributed by atoms with Crippen LogP contribution >= 0.6 is 0 Å². The van der Waals surface area contributed by atoms with Gasteiger partial charge in [0.25, 0.3) is 0 Å². The summed E-state index contributed by atoms with van der Waals surface area (Å²) in [6.45, 7) is 4.34. The van der Waals surface area contributed by atoms with Gasteiger partial charge >= 0.3 is 6.18 Å². The smallest absolute Gasteiger partial charge is 0.356 e. The van der Waals surface area contributed by atoms with E-state index < -0.39 is 17.5 Å². The molecule has 2 unspecified atom stereocenters. The van der Waals surface area contributed by atoms with Crippen LogP contribution in [0.25, 0.3) is 0 Å². The number of rotatable bonds is 2. The van der Waals surface area contributed by atoms with E-state index in [2.05, 4.69) is 5.32 Å². The van der Waals surface area contributed by atoms with Crippen LogP contribution in [0, 0.1) is 0 Å². The predicted molar refractivity (Wildman–Crippen MR) is 62.1 cm³/mol. The molecule has 1 fully saturated rings. The van der Waals surface area contributed by atoms with E-state index in [4.69, 9.17) is 4.74 Å². The van der Waals surface area contributed by atoms with Gasteiger partial charge < -0.3 is 4.74 Å². The third-order valence-corrected chi connectivity index (χ3v) is 3.08. The standard InChI is InChI=1S/C13H16F3NO/c1-9-8-17-12(2,18-9)7-10-5-3-4-6-11(10)13(14,15)16/h3-6,9,17H,7-8H2,1-2H3. The van der Waals surface area contributed by atoms with Crippen LogP contribution in [0.5, 0.6) is 0 Å². The van der Waals surface area contributed by atoms with Crippen molar-refractivity contribution in [3.05, 3.63) is 35.4 Å². The SMILES string of the molecule is CC1CNC(C)(Cc2ccccc2C(F)(F)F)O1. The molecule has 0 radical (unpaired) electrons. The molecule has 1 aromatic rings. The van der Waals surface area contributed by atoms with Crippen molar-refractivity contribution in [1.29, 1.82) is 0 Å². The summed E-state index contributed by atoms with van der Waals surface area (Å²) >= 11 is 0. The second-order valence-corrected chi connectivity index (χ2v) is 4.87. The fourth-order valence-corrected chi connectivity index (χ4v) is 2.31. The first kappa shape index (κ1) is 13.4. The Labute approximate surface area is 104 Å². The van der Waals surface area contributed by atoms with Crippen LogP contribution in [0.15, 0.2) is 24.3 Å². The summed E-state index contributed by atoms with van der Waals surface area (Å²) in [5, 5.41) is 3.12. The zero-order valence-corrected chi connectivity index (χ0v) is 10.3. The van der Waals surface area contributed by atoms with Crippen LogP contribution in [0.4, 0.5) is 13.2 Å². The summed E-state index contributed by atoms with van der Waals surface area (Å²) in [5.74, 6) is 0. The van der Waals surface area contributed by atoms with E-state index in [1.54, 1.807) is 13.0 Å². The zero-order valence-electron chi connectivity index (χ0n) is 10.3. The topological polar surface area (TPSA) is 21.3 Å². The monoisotopic (exact) mass is 259 g/mol. The third kappa shape index (κ3) is 2.84. The van der Waals surface area contributed by atoms with Crippen LogP contribution in [-0.4, -0.2) is 18.4 Å². The molecule has 18 heavy (non-hydrogen) atoms. The van der Waals surface area contributed by atoms with Gasteiger partial charge in [-0.15, -0.1) is 0 Å². The molecule has 100 valence electrons. The van der Waals surface area contributed by atoms with Gasteiger partial charge in [0.05, 0.1) is 11.7 Å². The molecule has 1 heterocycles. The minimum Gasteiger partial charge on any atom is -0.356 e. The third-order valence-electron chi connectivity index (χ3n) is 3.08. The molecule has 0 aromatic heterocycles. The van der Waals surface area contributed by atoms with Gasteiger partial charge in [0.1, 0.15) is 5.72 Å². The number of hydrogen-bond donors (Lipinski definition) is 1. The molecule has 0 amide bonds. The Bertz CT molecular complexity index is 432. The van der Waals surface area contributed by atoms with Crippen molar-refractivity contribution >= 4 is 0 Å². The molecule has 1 aromatic carbocycles. The average molecular weight is 259 g/mol. The molecule has 2 atom stereocenters. The molecular formula is C13H16F3NO. The van der Waals surface area contributed by atoms with E-state index in [0.29, 0.717) is 6.54 Å². The molecule has 1 aliphatic rings. The number of nitrogens with one attached hydrogen (secondary N) is 1. The highest BCUT2D eigenvalue weighted by atomic mass is 19.4. The van der Waals surface area contributed by atoms with Gasteiger partial charge in [-0.05, 0) is 25.5 Å². The highest BCUT2D eigenvalue weighted by Crippen LogP contribution is 2.34. The van der Waals surface area contributed by atoms with Gasteiger partial charge in [-0.3, -0.25) is 5.32 Å². The van der Waals surface area contributed by atoms with Crippen molar-refractivity contribution in [2.24, 2.45) is 0 Å². The lowest BCUT2D eigenvalue weighted by molar-refractivity contribution is -0.138. The van der Waals surface area contributed by atoms with E-state index in [9.17, 15) is 13.2 Å². The predicted octanol–water partition coefficient (Wildman–Crippen LogP) is 2.97. The van der Waals surface area contributed by atoms with Crippen molar-refractivity contribution in [2.45, 2.75) is 38.3 Å². The molecule has 1 aliphatic heterocycles. The van der Waals surface area contributed by atoms with Crippen LogP contribution in [0.1, 0.15) is 25.0 Å². The van der Waals surface area contributed by atoms with Crippen molar-refractivity contribution in [1.82, 2.24) is 5.32 Å². The van der Waals surface area contributed by atoms with E-state index in [1.165, 1.54) is 12.1 Å². The van der Waals surface area contributed by atoms with E-state index in [1.807, 2.05) is 6.92 Å². The van der Waals surface area contributed by atoms with Crippen LogP contribution in [-0.2, 0) is 17.3 Å². The van der Waals surface area contributed by atoms with Gasteiger partial charge in [-0.1, -0.05) is 18.2 Å². The van der Waals surface area contributed by atoms with Crippen molar-refractivity contribution < 1.29 is 17.9 Å². The molecular weight excluding hydrogens is 243 g/mol. The van der Waals surface area contributed by atoms with E-state index in [0.717, 1.165) is 6.07 Å². The number of ether oxygens (including phenoxy) is 1. The second kappa shape index (κ2) is 4.55. The first-order valence-corrected chi connectivity index (χ1v) is 5.88. The molecule has 0 spiro atoms. The molecule has 1 N–H and O–H groups in total. The first-order valence-electron chi connectivity index (χ1n) is 5.88. The molecule has 5 heteroatoms. The Morgan fingerprint density at radius 3 is 2.61 bits per heavy atom. The quantitative estimate of drug-likeness (QED) is 0.881. The first-order chi connectivity index (χ1) is 8.30. The van der Waals surface area contributed by atoms with Gasteiger partial charge in [0, 0.05) is 13.0 Å². The number of benzene rings is 1. The Hall–Kier alpha value is -1.07. The van der Waals surface area contributed by atoms with Crippen LogP contribution < -0.4 is 5.32 Å². The van der Waals surface area contributed by atoms with Gasteiger partial charge in [0.2, 0.25) is 0 Å². The van der Waals surface area contributed by atoms with Gasteiger partial charge in [0.15, 0.2) is 0 Å². The maximum Gasteiger partial charge on any atom is 0.416 e. The molecule has 0 aliphatic carbocycles. The lowest BCUT2D eigenvalue weighted by atomic mass is 9.98. The number of halogens is 3. The summed E-state index contributed by atoms with van der Waals surface area (Å²) in [4.78, 5) is 0. The summed E-state index contributed by atoms with van der Waals surface area (Å²) in [5.41, 5.74) is -1.05. The lowest BCUT2D eigenvalue weighted by Crippen LogP contribution is -2.40. The largest absolute Gasteiger partial charge is 0.416 e. The molecule has 2 nitrogen and oxygen atoms in total. The van der Waals surface area contributed by atoms with E-state index in [-0.39, 0.29) is 18.1 Å². The Balaban J connectivity index is 2.24. The van der Waals surface area contributed by atoms with Crippen LogP contribution in [0.3, 0.4) is 0 Å². The minimum atomic E-state index is -4.32. The second-order valence-electron chi connectivity index (χ2n) is 4.87. The molecule has 0 bridgehead atoms. The fraction of sp³-hybridized carbons (Fsp3) is 0.538. The number of hydrogen-bond acceptors (Lipinski definition) is 2. The average Bonchev–Trinajstić information content (AvgIpc) is 2.57. The summed E-state index contributed by atoms with van der Waals surface area (Å²) < 4.78 is 44.2. The van der Waals surface area contributed by atoms with Crippen molar-refractivity contribution in [3.63, 3.8) is 0 Å². The summed E-state index contributed by atoms with van der Waals surface area (Å²) in [7, 11) is 0. The minimum absolute atomic E-state index is 0.0213. The molecule has 1 saturated heterocycles.